The van der Waals surface area contributed by atoms with Gasteiger partial charge in [-0.1, -0.05) is 11.6 Å². The molecule has 1 aliphatic carbocycles. The predicted molar refractivity (Wildman–Crippen MR) is 123 cm³/mol. The van der Waals surface area contributed by atoms with Gasteiger partial charge in [-0.15, -0.1) is 0 Å². The maximum absolute atomic E-state index is 15.5. The van der Waals surface area contributed by atoms with Crippen molar-refractivity contribution < 1.29 is 36.6 Å². The zero-order valence-electron chi connectivity index (χ0n) is 19.1. The maximum Gasteiger partial charge on any atom is 0.491 e. The number of alkyl halides is 3. The van der Waals surface area contributed by atoms with Crippen LogP contribution in [0.15, 0.2) is 27.7 Å². The average molecular weight is 532 g/mol. The highest BCUT2D eigenvalue weighted by atomic mass is 35.5. The Kier molecular flexibility index (Phi) is 7.02. The molecule has 0 radical (unpaired) electrons. The summed E-state index contributed by atoms with van der Waals surface area (Å²) in [5, 5.41) is 0.188. The van der Waals surface area contributed by atoms with E-state index >= 15 is 4.39 Å². The Labute approximate surface area is 207 Å². The lowest BCUT2D eigenvalue weighted by atomic mass is 10.0. The standard InChI is InChI=1S/C23H22ClF4N3O5/c1-35-20-17-13(7-16(25)18(20)30-6-2-3-11(9-30)15(24)8-29)19(32)14(10-31(17)12-4-5-12)21(33)36-22(34)23(26,27)28/h7,10,12H,2-6,8-9,29H2,1H3/b15-11-. The number of anilines is 1. The van der Waals surface area contributed by atoms with Crippen LogP contribution in [0, 0.1) is 5.82 Å². The molecule has 13 heteroatoms. The number of carbonyl (C=O) groups excluding carboxylic acids is 2. The van der Waals surface area contributed by atoms with Gasteiger partial charge in [0.15, 0.2) is 11.6 Å². The molecule has 1 aromatic heterocycles. The Hall–Kier alpha value is -3.12. The molecular formula is C23H22ClF4N3O5. The van der Waals surface area contributed by atoms with Crippen molar-refractivity contribution in [2.24, 2.45) is 5.73 Å². The van der Waals surface area contributed by atoms with Crippen LogP contribution >= 0.6 is 11.6 Å². The molecule has 1 aliphatic heterocycles. The SMILES string of the molecule is COc1c(N2CCC/C(=C(/Cl)CN)C2)c(F)cc2c(=O)c(C(=O)OC(=O)C(F)(F)F)cn(C3CC3)c12. The van der Waals surface area contributed by atoms with E-state index < -0.39 is 34.9 Å². The molecule has 2 aromatic rings. The Morgan fingerprint density at radius 2 is 1.97 bits per heavy atom. The molecule has 0 spiro atoms. The van der Waals surface area contributed by atoms with Gasteiger partial charge in [0.25, 0.3) is 0 Å². The average Bonchev–Trinajstić information content (AvgIpc) is 3.68. The van der Waals surface area contributed by atoms with E-state index in [2.05, 4.69) is 4.74 Å². The van der Waals surface area contributed by atoms with Gasteiger partial charge in [0.2, 0.25) is 5.43 Å². The van der Waals surface area contributed by atoms with Crippen LogP contribution in [0.3, 0.4) is 0 Å². The monoisotopic (exact) mass is 531 g/mol. The smallest absolute Gasteiger partial charge is 0.491 e. The van der Waals surface area contributed by atoms with Gasteiger partial charge >= 0.3 is 18.1 Å². The number of benzene rings is 1. The van der Waals surface area contributed by atoms with Crippen LogP contribution in [0.1, 0.15) is 42.1 Å². The number of hydrogen-bond donors (Lipinski definition) is 1. The number of halogens is 5. The summed E-state index contributed by atoms with van der Waals surface area (Å²) in [5.74, 6) is -5.33. The molecule has 8 nitrogen and oxygen atoms in total. The molecule has 2 heterocycles. The fraction of sp³-hybridized carbons (Fsp3) is 0.435. The molecule has 2 aliphatic rings. The van der Waals surface area contributed by atoms with Gasteiger partial charge in [0.1, 0.15) is 11.3 Å². The number of pyridine rings is 1. The van der Waals surface area contributed by atoms with Gasteiger partial charge in [-0.3, -0.25) is 4.79 Å². The van der Waals surface area contributed by atoms with Gasteiger partial charge < -0.3 is 24.7 Å². The van der Waals surface area contributed by atoms with Gasteiger partial charge in [-0.25, -0.2) is 14.0 Å². The van der Waals surface area contributed by atoms with Gasteiger partial charge in [-0.05, 0) is 37.3 Å². The molecule has 194 valence electrons. The van der Waals surface area contributed by atoms with Crippen molar-refractivity contribution in [3.8, 4) is 5.75 Å². The number of hydrogen-bond acceptors (Lipinski definition) is 7. The number of rotatable bonds is 5. The van der Waals surface area contributed by atoms with Gasteiger partial charge in [0.05, 0.1) is 18.0 Å². The molecule has 1 aromatic carbocycles. The van der Waals surface area contributed by atoms with Crippen LogP contribution in [0.2, 0.25) is 0 Å². The number of esters is 2. The van der Waals surface area contributed by atoms with Gasteiger partial charge in [0, 0.05) is 36.9 Å². The first kappa shape index (κ1) is 26.0. The molecule has 0 atom stereocenters. The summed E-state index contributed by atoms with van der Waals surface area (Å²) in [7, 11) is 1.30. The van der Waals surface area contributed by atoms with E-state index in [9.17, 15) is 27.6 Å². The lowest BCUT2D eigenvalue weighted by Crippen LogP contribution is -2.33. The fourth-order valence-electron chi connectivity index (χ4n) is 4.34. The topological polar surface area (TPSA) is 104 Å². The van der Waals surface area contributed by atoms with Crippen LogP contribution in [-0.2, 0) is 9.53 Å². The third-order valence-corrected chi connectivity index (χ3v) is 6.57. The van der Waals surface area contributed by atoms with Crippen LogP contribution < -0.4 is 20.8 Å². The minimum atomic E-state index is -5.43. The summed E-state index contributed by atoms with van der Waals surface area (Å²) in [5.41, 5.74) is 4.85. The number of piperidine rings is 1. The molecule has 1 saturated heterocycles. The first-order valence-electron chi connectivity index (χ1n) is 11.1. The molecule has 2 fully saturated rings. The van der Waals surface area contributed by atoms with E-state index in [-0.39, 0.29) is 41.5 Å². The molecule has 0 bridgehead atoms. The van der Waals surface area contributed by atoms with E-state index in [1.54, 1.807) is 4.90 Å². The first-order chi connectivity index (χ1) is 17.0. The molecule has 0 amide bonds. The Morgan fingerprint density at radius 1 is 1.28 bits per heavy atom. The van der Waals surface area contributed by atoms with E-state index in [0.717, 1.165) is 17.8 Å². The Morgan fingerprint density at radius 3 is 2.56 bits per heavy atom. The van der Waals surface area contributed by atoms with Crippen LogP contribution in [0.5, 0.6) is 5.75 Å². The number of nitrogens with zero attached hydrogens (tertiary/aromatic N) is 2. The number of nitrogens with two attached hydrogens (primary N) is 1. The third kappa shape index (κ3) is 4.79. The summed E-state index contributed by atoms with van der Waals surface area (Å²) in [6.45, 7) is 0.889. The molecule has 0 unspecified atom stereocenters. The van der Waals surface area contributed by atoms with Crippen LogP contribution in [0.25, 0.3) is 10.9 Å². The minimum Gasteiger partial charge on any atom is -0.492 e. The number of aromatic nitrogens is 1. The van der Waals surface area contributed by atoms with E-state index in [1.165, 1.54) is 11.7 Å². The second-order valence-corrected chi connectivity index (χ2v) is 9.02. The molecule has 4 rings (SSSR count). The van der Waals surface area contributed by atoms with Crippen LogP contribution in [0.4, 0.5) is 23.2 Å². The summed E-state index contributed by atoms with van der Waals surface area (Å²) in [4.78, 5) is 38.3. The third-order valence-electron chi connectivity index (χ3n) is 6.15. The van der Waals surface area contributed by atoms with Crippen LogP contribution in [-0.4, -0.2) is 49.4 Å². The van der Waals surface area contributed by atoms with Crippen molar-refractivity contribution in [3.05, 3.63) is 44.5 Å². The second kappa shape index (κ2) is 9.74. The highest BCUT2D eigenvalue weighted by Gasteiger charge is 2.43. The number of ether oxygens (including phenoxy) is 2. The minimum absolute atomic E-state index is 0.0328. The van der Waals surface area contributed by atoms with Crippen molar-refractivity contribution >= 4 is 40.1 Å². The predicted octanol–water partition coefficient (Wildman–Crippen LogP) is 3.78. The van der Waals surface area contributed by atoms with E-state index in [1.807, 2.05) is 0 Å². The van der Waals surface area contributed by atoms with Crippen molar-refractivity contribution in [1.29, 1.82) is 0 Å². The van der Waals surface area contributed by atoms with Crippen molar-refractivity contribution in [3.63, 3.8) is 0 Å². The second-order valence-electron chi connectivity index (χ2n) is 8.56. The molecule has 1 saturated carbocycles. The van der Waals surface area contributed by atoms with Crippen molar-refractivity contribution in [2.75, 3.05) is 31.6 Å². The number of fused-ring (bicyclic) bond motifs is 1. The lowest BCUT2D eigenvalue weighted by Gasteiger charge is -2.33. The first-order valence-corrected chi connectivity index (χ1v) is 11.5. The molecular weight excluding hydrogens is 510 g/mol. The summed E-state index contributed by atoms with van der Waals surface area (Å²) >= 11 is 6.23. The molecule has 36 heavy (non-hydrogen) atoms. The highest BCUT2D eigenvalue weighted by Crippen LogP contribution is 2.44. The zero-order chi connectivity index (χ0) is 26.4. The highest BCUT2D eigenvalue weighted by molar-refractivity contribution is 6.30. The number of methoxy groups -OCH3 is 1. The normalized spacial score (nSPS) is 17.8. The Bertz CT molecular complexity index is 1330. The van der Waals surface area contributed by atoms with E-state index in [0.29, 0.717) is 37.3 Å². The lowest BCUT2D eigenvalue weighted by molar-refractivity contribution is -0.193. The largest absolute Gasteiger partial charge is 0.492 e. The van der Waals surface area contributed by atoms with Gasteiger partial charge in [-0.2, -0.15) is 13.2 Å². The summed E-state index contributed by atoms with van der Waals surface area (Å²) in [6.07, 6.45) is -1.75. The number of carbonyl (C=O) groups is 2. The summed E-state index contributed by atoms with van der Waals surface area (Å²) in [6, 6.07) is 0.702. The summed E-state index contributed by atoms with van der Waals surface area (Å²) < 4.78 is 64.1. The molecule has 2 N–H and O–H groups in total. The Balaban J connectivity index is 1.89. The van der Waals surface area contributed by atoms with Crippen molar-refractivity contribution in [1.82, 2.24) is 4.57 Å². The van der Waals surface area contributed by atoms with Crippen molar-refractivity contribution in [2.45, 2.75) is 37.9 Å². The zero-order valence-corrected chi connectivity index (χ0v) is 19.8. The quantitative estimate of drug-likeness (QED) is 0.356. The van der Waals surface area contributed by atoms with E-state index in [4.69, 9.17) is 22.1 Å². The fourth-order valence-corrected chi connectivity index (χ4v) is 4.50. The maximum atomic E-state index is 15.5.